The first kappa shape index (κ1) is 17.2. The molecule has 2 heteroatoms. The van der Waals surface area contributed by atoms with Gasteiger partial charge in [-0.1, -0.05) is 66.2 Å². The van der Waals surface area contributed by atoms with Crippen molar-refractivity contribution in [2.45, 2.75) is 32.7 Å². The fourth-order valence-corrected chi connectivity index (χ4v) is 4.42. The number of rotatable bonds is 3. The monoisotopic (exact) mass is 347 g/mol. The summed E-state index contributed by atoms with van der Waals surface area (Å²) in [4.78, 5) is 2.46. The molecule has 0 amide bonds. The van der Waals surface area contributed by atoms with E-state index in [1.165, 1.54) is 18.4 Å². The maximum atomic E-state index is 15.4. The van der Waals surface area contributed by atoms with E-state index in [9.17, 15) is 0 Å². The number of allylic oxidation sites excluding steroid dienone is 1. The lowest BCUT2D eigenvalue weighted by Crippen LogP contribution is -2.25. The molecule has 0 saturated carbocycles. The molecule has 2 saturated heterocycles. The van der Waals surface area contributed by atoms with Crippen LogP contribution < -0.4 is 0 Å². The molecule has 2 aromatic rings. The van der Waals surface area contributed by atoms with Crippen molar-refractivity contribution in [1.29, 1.82) is 0 Å². The summed E-state index contributed by atoms with van der Waals surface area (Å²) in [5, 5.41) is 0. The van der Waals surface area contributed by atoms with Gasteiger partial charge in [-0.2, -0.15) is 0 Å². The number of hydrogen-bond donors (Lipinski definition) is 0. The van der Waals surface area contributed by atoms with Crippen molar-refractivity contribution in [3.8, 4) is 11.1 Å². The van der Waals surface area contributed by atoms with Crippen LogP contribution in [-0.2, 0) is 0 Å². The Morgan fingerprint density at radius 1 is 1.00 bits per heavy atom. The van der Waals surface area contributed by atoms with Gasteiger partial charge in [0.05, 0.1) is 0 Å². The molecule has 0 spiro atoms. The molecule has 0 unspecified atom stereocenters. The SMILES string of the molecule is CC(C)=C[C@H]1/C(=C(/F)c2ccc(-c3ccccc3)cc2)CN2CCC[C@H]12. The molecule has 4 rings (SSSR count). The van der Waals surface area contributed by atoms with Gasteiger partial charge in [0.2, 0.25) is 0 Å². The van der Waals surface area contributed by atoms with Gasteiger partial charge in [0.25, 0.3) is 0 Å². The van der Waals surface area contributed by atoms with Crippen LogP contribution in [0.4, 0.5) is 4.39 Å². The molecule has 0 bridgehead atoms. The Labute approximate surface area is 155 Å². The molecule has 2 atom stereocenters. The molecule has 134 valence electrons. The Balaban J connectivity index is 1.67. The Bertz CT molecular complexity index is 828. The standard InChI is InChI=1S/C24H26FN/c1-17(2)15-21-22(16-26-14-6-9-23(21)26)24(25)20-12-10-19(11-13-20)18-7-4-3-5-8-18/h3-5,7-8,10-13,15,21,23H,6,9,14,16H2,1-2H3/b24-22+/t21-,23+/m0/s1. The molecule has 0 aromatic heterocycles. The second kappa shape index (κ2) is 7.20. The normalized spacial score (nSPS) is 24.4. The Morgan fingerprint density at radius 2 is 1.69 bits per heavy atom. The number of halogens is 1. The van der Waals surface area contributed by atoms with Gasteiger partial charge in [0.1, 0.15) is 5.83 Å². The molecule has 2 heterocycles. The first-order valence-corrected chi connectivity index (χ1v) is 9.57. The lowest BCUT2D eigenvalue weighted by Gasteiger charge is -2.18. The minimum absolute atomic E-state index is 0.0264. The van der Waals surface area contributed by atoms with Gasteiger partial charge in [-0.05, 0) is 49.9 Å². The van der Waals surface area contributed by atoms with Crippen molar-refractivity contribution >= 4 is 5.83 Å². The van der Waals surface area contributed by atoms with Crippen molar-refractivity contribution < 1.29 is 4.39 Å². The zero-order chi connectivity index (χ0) is 18.1. The van der Waals surface area contributed by atoms with Gasteiger partial charge in [-0.15, -0.1) is 0 Å². The molecule has 0 radical (unpaired) electrons. The molecule has 26 heavy (non-hydrogen) atoms. The van der Waals surface area contributed by atoms with Crippen LogP contribution in [0.15, 0.2) is 71.8 Å². The molecule has 0 aliphatic carbocycles. The summed E-state index contributed by atoms with van der Waals surface area (Å²) in [6.45, 7) is 6.09. The number of fused-ring (bicyclic) bond motifs is 1. The lowest BCUT2D eigenvalue weighted by atomic mass is 9.90. The number of nitrogens with zero attached hydrogens (tertiary/aromatic N) is 1. The molecule has 1 nitrogen and oxygen atoms in total. The third-order valence-electron chi connectivity index (χ3n) is 5.64. The van der Waals surface area contributed by atoms with Gasteiger partial charge in [-0.25, -0.2) is 4.39 Å². The largest absolute Gasteiger partial charge is 0.295 e. The predicted octanol–water partition coefficient (Wildman–Crippen LogP) is 6.09. The minimum Gasteiger partial charge on any atom is -0.295 e. The molecule has 0 N–H and O–H groups in total. The van der Waals surface area contributed by atoms with E-state index in [0.29, 0.717) is 11.6 Å². The van der Waals surface area contributed by atoms with E-state index in [1.807, 2.05) is 42.5 Å². The van der Waals surface area contributed by atoms with Crippen LogP contribution in [0, 0.1) is 5.92 Å². The minimum atomic E-state index is -0.0264. The highest BCUT2D eigenvalue weighted by molar-refractivity contribution is 5.70. The summed E-state index contributed by atoms with van der Waals surface area (Å²) in [7, 11) is 0. The third-order valence-corrected chi connectivity index (χ3v) is 5.64. The summed E-state index contributed by atoms with van der Waals surface area (Å²) in [5.74, 6) is 0.192. The van der Waals surface area contributed by atoms with E-state index in [0.717, 1.165) is 29.8 Å². The Kier molecular flexibility index (Phi) is 4.78. The second-order valence-corrected chi connectivity index (χ2v) is 7.73. The molecule has 2 aliphatic heterocycles. The highest BCUT2D eigenvalue weighted by atomic mass is 19.1. The number of benzene rings is 2. The van der Waals surface area contributed by atoms with Crippen LogP contribution in [-0.4, -0.2) is 24.0 Å². The van der Waals surface area contributed by atoms with E-state index in [2.05, 4.69) is 37.0 Å². The summed E-state index contributed by atoms with van der Waals surface area (Å²) in [6.07, 6.45) is 4.68. The van der Waals surface area contributed by atoms with Gasteiger partial charge in [0.15, 0.2) is 0 Å². The van der Waals surface area contributed by atoms with Gasteiger partial charge >= 0.3 is 0 Å². The van der Waals surface area contributed by atoms with Crippen LogP contribution in [0.1, 0.15) is 32.3 Å². The van der Waals surface area contributed by atoms with Gasteiger partial charge in [0, 0.05) is 24.1 Å². The maximum Gasteiger partial charge on any atom is 0.131 e. The fourth-order valence-electron chi connectivity index (χ4n) is 4.42. The van der Waals surface area contributed by atoms with E-state index < -0.39 is 0 Å². The highest BCUT2D eigenvalue weighted by Crippen LogP contribution is 2.41. The summed E-state index contributed by atoms with van der Waals surface area (Å²) < 4.78 is 15.4. The summed E-state index contributed by atoms with van der Waals surface area (Å²) in [6, 6.07) is 18.6. The first-order chi connectivity index (χ1) is 12.6. The fraction of sp³-hybridized carbons (Fsp3) is 0.333. The van der Waals surface area contributed by atoms with Crippen LogP contribution in [0.25, 0.3) is 17.0 Å². The Hall–Kier alpha value is -2.19. The highest BCUT2D eigenvalue weighted by Gasteiger charge is 2.40. The van der Waals surface area contributed by atoms with Crippen molar-refractivity contribution in [3.63, 3.8) is 0 Å². The zero-order valence-corrected chi connectivity index (χ0v) is 15.6. The average molecular weight is 347 g/mol. The van der Waals surface area contributed by atoms with E-state index >= 15 is 4.39 Å². The van der Waals surface area contributed by atoms with Crippen molar-refractivity contribution in [1.82, 2.24) is 4.90 Å². The van der Waals surface area contributed by atoms with Gasteiger partial charge < -0.3 is 0 Å². The van der Waals surface area contributed by atoms with Crippen LogP contribution >= 0.6 is 0 Å². The predicted molar refractivity (Wildman–Crippen MR) is 107 cm³/mol. The van der Waals surface area contributed by atoms with E-state index in [-0.39, 0.29) is 11.7 Å². The van der Waals surface area contributed by atoms with Gasteiger partial charge in [-0.3, -0.25) is 4.90 Å². The maximum absolute atomic E-state index is 15.4. The van der Waals surface area contributed by atoms with Crippen molar-refractivity contribution in [2.75, 3.05) is 13.1 Å². The average Bonchev–Trinajstić information content (AvgIpc) is 3.24. The van der Waals surface area contributed by atoms with Crippen LogP contribution in [0.3, 0.4) is 0 Å². The molecule has 2 fully saturated rings. The molecule has 2 aliphatic rings. The topological polar surface area (TPSA) is 3.24 Å². The molecular weight excluding hydrogens is 321 g/mol. The first-order valence-electron chi connectivity index (χ1n) is 9.57. The quantitative estimate of drug-likeness (QED) is 0.607. The smallest absolute Gasteiger partial charge is 0.131 e. The van der Waals surface area contributed by atoms with Crippen molar-refractivity contribution in [2.24, 2.45) is 5.92 Å². The summed E-state index contributed by atoms with van der Waals surface area (Å²) in [5.41, 5.74) is 5.22. The van der Waals surface area contributed by atoms with Crippen molar-refractivity contribution in [3.05, 3.63) is 77.4 Å². The summed E-state index contributed by atoms with van der Waals surface area (Å²) >= 11 is 0. The second-order valence-electron chi connectivity index (χ2n) is 7.73. The third kappa shape index (κ3) is 3.26. The van der Waals surface area contributed by atoms with E-state index in [4.69, 9.17) is 0 Å². The molecule has 2 aromatic carbocycles. The van der Waals surface area contributed by atoms with Crippen LogP contribution in [0.5, 0.6) is 0 Å². The number of hydrogen-bond acceptors (Lipinski definition) is 1. The lowest BCUT2D eigenvalue weighted by molar-refractivity contribution is 0.307. The molecular formula is C24H26FN. The Morgan fingerprint density at radius 3 is 2.38 bits per heavy atom. The van der Waals surface area contributed by atoms with E-state index in [1.54, 1.807) is 0 Å². The zero-order valence-electron chi connectivity index (χ0n) is 15.6. The van der Waals surface area contributed by atoms with Crippen LogP contribution in [0.2, 0.25) is 0 Å².